The van der Waals surface area contributed by atoms with Crippen molar-refractivity contribution in [1.82, 2.24) is 4.98 Å². The highest BCUT2D eigenvalue weighted by atomic mass is 16.5. The van der Waals surface area contributed by atoms with E-state index in [9.17, 15) is 0 Å². The molecule has 1 saturated carbocycles. The Morgan fingerprint density at radius 2 is 2.44 bits per heavy atom. The first-order chi connectivity index (χ1) is 8.79. The van der Waals surface area contributed by atoms with E-state index in [2.05, 4.69) is 10.3 Å². The predicted octanol–water partition coefficient (Wildman–Crippen LogP) is 1.01. The lowest BCUT2D eigenvalue weighted by Crippen LogP contribution is -2.69. The van der Waals surface area contributed by atoms with E-state index in [0.717, 1.165) is 18.7 Å². The van der Waals surface area contributed by atoms with Crippen LogP contribution in [0.15, 0.2) is 18.3 Å². The van der Waals surface area contributed by atoms with Crippen LogP contribution in [0.4, 0.5) is 5.69 Å². The lowest BCUT2D eigenvalue weighted by atomic mass is 9.68. The molecule has 3 rings (SSSR count). The first-order valence-electron chi connectivity index (χ1n) is 6.43. The molecule has 2 fully saturated rings. The molecule has 2 aliphatic rings. The van der Waals surface area contributed by atoms with E-state index in [-0.39, 0.29) is 18.2 Å². The summed E-state index contributed by atoms with van der Waals surface area (Å²) in [4.78, 5) is 4.08. The summed E-state index contributed by atoms with van der Waals surface area (Å²) in [7, 11) is 1.61. The zero-order valence-corrected chi connectivity index (χ0v) is 10.5. The molecule has 98 valence electrons. The maximum absolute atomic E-state index is 6.21. The van der Waals surface area contributed by atoms with Gasteiger partial charge in [0.2, 0.25) is 5.88 Å². The standard InChI is InChI=1S/C13H19N3O2/c1-17-10-7-8(4-5-15-10)16-12-11(14)9-3-2-6-18-13(9)12/h4-5,7,9,11-13H,2-3,6,14H2,1H3,(H,15,16). The minimum atomic E-state index is 0.175. The molecule has 1 saturated heterocycles. The van der Waals surface area contributed by atoms with E-state index in [4.69, 9.17) is 15.2 Å². The number of hydrogen-bond donors (Lipinski definition) is 2. The van der Waals surface area contributed by atoms with Crippen molar-refractivity contribution in [2.75, 3.05) is 19.0 Å². The average Bonchev–Trinajstić information content (AvgIpc) is 2.44. The van der Waals surface area contributed by atoms with Crippen LogP contribution < -0.4 is 15.8 Å². The van der Waals surface area contributed by atoms with E-state index >= 15 is 0 Å². The number of fused-ring (bicyclic) bond motifs is 1. The van der Waals surface area contributed by atoms with Crippen LogP contribution in [0, 0.1) is 5.92 Å². The third-order valence-corrected chi connectivity index (χ3v) is 3.95. The van der Waals surface area contributed by atoms with Gasteiger partial charge in [0.1, 0.15) is 0 Å². The normalized spacial score (nSPS) is 34.3. The summed E-state index contributed by atoms with van der Waals surface area (Å²) in [6.45, 7) is 0.853. The maximum atomic E-state index is 6.21. The third kappa shape index (κ3) is 1.93. The number of pyridine rings is 1. The molecule has 0 bridgehead atoms. The fourth-order valence-corrected chi connectivity index (χ4v) is 2.93. The van der Waals surface area contributed by atoms with Gasteiger partial charge in [0.05, 0.1) is 19.3 Å². The number of nitrogens with two attached hydrogens (primary N) is 1. The molecule has 5 heteroatoms. The van der Waals surface area contributed by atoms with Crippen molar-refractivity contribution in [2.24, 2.45) is 11.7 Å². The van der Waals surface area contributed by atoms with Gasteiger partial charge in [-0.2, -0.15) is 0 Å². The molecule has 1 aliphatic heterocycles. The van der Waals surface area contributed by atoms with Crippen molar-refractivity contribution in [2.45, 2.75) is 31.0 Å². The second kappa shape index (κ2) is 4.74. The molecule has 4 atom stereocenters. The SMILES string of the molecule is COc1cc(NC2C(N)C3CCCOC32)ccn1. The molecule has 3 N–H and O–H groups in total. The summed E-state index contributed by atoms with van der Waals surface area (Å²) >= 11 is 0. The van der Waals surface area contributed by atoms with Gasteiger partial charge >= 0.3 is 0 Å². The highest BCUT2D eigenvalue weighted by molar-refractivity contribution is 5.47. The van der Waals surface area contributed by atoms with Crippen LogP contribution in [-0.4, -0.2) is 36.9 Å². The fourth-order valence-electron chi connectivity index (χ4n) is 2.93. The van der Waals surface area contributed by atoms with Crippen molar-refractivity contribution in [3.63, 3.8) is 0 Å². The summed E-state index contributed by atoms with van der Waals surface area (Å²) in [6.07, 6.45) is 4.30. The van der Waals surface area contributed by atoms with Gasteiger partial charge in [-0.25, -0.2) is 4.98 Å². The van der Waals surface area contributed by atoms with Gasteiger partial charge in [-0.15, -0.1) is 0 Å². The van der Waals surface area contributed by atoms with Crippen LogP contribution in [0.25, 0.3) is 0 Å². The lowest BCUT2D eigenvalue weighted by molar-refractivity contribution is -0.104. The Hall–Kier alpha value is -1.33. The number of nitrogens with zero attached hydrogens (tertiary/aromatic N) is 1. The smallest absolute Gasteiger partial charge is 0.214 e. The van der Waals surface area contributed by atoms with Gasteiger partial charge < -0.3 is 20.5 Å². The first kappa shape index (κ1) is 11.7. The fraction of sp³-hybridized carbons (Fsp3) is 0.615. The van der Waals surface area contributed by atoms with Crippen molar-refractivity contribution in [3.05, 3.63) is 18.3 Å². The van der Waals surface area contributed by atoms with E-state index in [1.54, 1.807) is 13.3 Å². The molecule has 0 spiro atoms. The zero-order chi connectivity index (χ0) is 12.5. The van der Waals surface area contributed by atoms with Crippen LogP contribution in [0.1, 0.15) is 12.8 Å². The van der Waals surface area contributed by atoms with Crippen molar-refractivity contribution in [1.29, 1.82) is 0 Å². The quantitative estimate of drug-likeness (QED) is 0.836. The number of hydrogen-bond acceptors (Lipinski definition) is 5. The number of aromatic nitrogens is 1. The van der Waals surface area contributed by atoms with E-state index in [1.165, 1.54) is 6.42 Å². The second-order valence-electron chi connectivity index (χ2n) is 4.98. The molecule has 4 unspecified atom stereocenters. The molecule has 0 aromatic carbocycles. The zero-order valence-electron chi connectivity index (χ0n) is 10.5. The molecule has 1 aliphatic carbocycles. The number of ether oxygens (including phenoxy) is 2. The number of nitrogens with one attached hydrogen (secondary N) is 1. The molecule has 1 aromatic heterocycles. The van der Waals surface area contributed by atoms with Crippen LogP contribution in [0.5, 0.6) is 5.88 Å². The lowest BCUT2D eigenvalue weighted by Gasteiger charge is -2.52. The van der Waals surface area contributed by atoms with Gasteiger partial charge in [0.15, 0.2) is 0 Å². The van der Waals surface area contributed by atoms with Crippen LogP contribution in [-0.2, 0) is 4.74 Å². The third-order valence-electron chi connectivity index (χ3n) is 3.95. The van der Waals surface area contributed by atoms with Gasteiger partial charge in [-0.3, -0.25) is 0 Å². The van der Waals surface area contributed by atoms with Crippen molar-refractivity contribution < 1.29 is 9.47 Å². The molecule has 0 radical (unpaired) electrons. The Kier molecular flexibility index (Phi) is 3.09. The van der Waals surface area contributed by atoms with Crippen LogP contribution >= 0.6 is 0 Å². The van der Waals surface area contributed by atoms with E-state index in [0.29, 0.717) is 11.8 Å². The minimum absolute atomic E-state index is 0.175. The monoisotopic (exact) mass is 249 g/mol. The Bertz CT molecular complexity index is 426. The number of anilines is 1. The molecule has 2 heterocycles. The molecular formula is C13H19N3O2. The van der Waals surface area contributed by atoms with Gasteiger partial charge in [0, 0.05) is 36.5 Å². The molecule has 5 nitrogen and oxygen atoms in total. The minimum Gasteiger partial charge on any atom is -0.481 e. The topological polar surface area (TPSA) is 69.4 Å². The summed E-state index contributed by atoms with van der Waals surface area (Å²) in [5, 5.41) is 3.43. The summed E-state index contributed by atoms with van der Waals surface area (Å²) in [5.41, 5.74) is 7.19. The predicted molar refractivity (Wildman–Crippen MR) is 68.6 cm³/mol. The van der Waals surface area contributed by atoms with Gasteiger partial charge in [0.25, 0.3) is 0 Å². The Labute approximate surface area is 107 Å². The van der Waals surface area contributed by atoms with E-state index < -0.39 is 0 Å². The second-order valence-corrected chi connectivity index (χ2v) is 4.98. The van der Waals surface area contributed by atoms with Crippen LogP contribution in [0.2, 0.25) is 0 Å². The highest BCUT2D eigenvalue weighted by Gasteiger charge is 2.50. The van der Waals surface area contributed by atoms with E-state index in [1.807, 2.05) is 12.1 Å². The molecule has 18 heavy (non-hydrogen) atoms. The number of methoxy groups -OCH3 is 1. The van der Waals surface area contributed by atoms with Gasteiger partial charge in [-0.1, -0.05) is 0 Å². The highest BCUT2D eigenvalue weighted by Crippen LogP contribution is 2.38. The summed E-state index contributed by atoms with van der Waals surface area (Å²) in [6, 6.07) is 4.17. The Balaban J connectivity index is 1.68. The van der Waals surface area contributed by atoms with Crippen molar-refractivity contribution in [3.8, 4) is 5.88 Å². The molecular weight excluding hydrogens is 230 g/mol. The van der Waals surface area contributed by atoms with Crippen LogP contribution in [0.3, 0.4) is 0 Å². The average molecular weight is 249 g/mol. The molecule has 0 amide bonds. The Morgan fingerprint density at radius 1 is 1.56 bits per heavy atom. The summed E-state index contributed by atoms with van der Waals surface area (Å²) in [5.74, 6) is 1.12. The molecule has 1 aromatic rings. The van der Waals surface area contributed by atoms with Crippen molar-refractivity contribution >= 4 is 5.69 Å². The first-order valence-corrected chi connectivity index (χ1v) is 6.43. The van der Waals surface area contributed by atoms with Gasteiger partial charge in [-0.05, 0) is 18.9 Å². The number of rotatable bonds is 3. The summed E-state index contributed by atoms with van der Waals surface area (Å²) < 4.78 is 10.9. The maximum Gasteiger partial charge on any atom is 0.214 e. The largest absolute Gasteiger partial charge is 0.481 e. The Morgan fingerprint density at radius 3 is 3.28 bits per heavy atom.